The van der Waals surface area contributed by atoms with Gasteiger partial charge < -0.3 is 0 Å². The highest BCUT2D eigenvalue weighted by molar-refractivity contribution is 5.83. The molecular weight excluding hydrogens is 312 g/mol. The first-order valence-electron chi connectivity index (χ1n) is 8.07. The zero-order chi connectivity index (χ0) is 17.5. The quantitative estimate of drug-likeness (QED) is 0.370. The van der Waals surface area contributed by atoms with Crippen LogP contribution in [-0.2, 0) is 13.0 Å². The van der Waals surface area contributed by atoms with E-state index in [1.807, 2.05) is 66.7 Å². The van der Waals surface area contributed by atoms with Gasteiger partial charge in [-0.3, -0.25) is 15.1 Å². The average Bonchev–Trinajstić information content (AvgIpc) is 2.64. The molecular formula is C21H18N2O2. The van der Waals surface area contributed by atoms with Crippen molar-refractivity contribution in [2.75, 3.05) is 0 Å². The lowest BCUT2D eigenvalue weighted by molar-refractivity contribution is -0.384. The van der Waals surface area contributed by atoms with E-state index in [1.165, 1.54) is 0 Å². The van der Waals surface area contributed by atoms with Gasteiger partial charge in [-0.25, -0.2) is 0 Å². The Bertz CT molecular complexity index is 875. The molecule has 4 nitrogen and oxygen atoms in total. The van der Waals surface area contributed by atoms with Crippen molar-refractivity contribution in [3.05, 3.63) is 111 Å². The number of aliphatic imine (C=N–C) groups is 1. The molecule has 0 aromatic heterocycles. The third kappa shape index (κ3) is 4.61. The number of rotatable bonds is 6. The van der Waals surface area contributed by atoms with Crippen molar-refractivity contribution in [1.82, 2.24) is 0 Å². The number of nitro groups is 1. The van der Waals surface area contributed by atoms with E-state index in [-0.39, 0.29) is 10.6 Å². The second-order valence-corrected chi connectivity index (χ2v) is 5.76. The van der Waals surface area contributed by atoms with Crippen molar-refractivity contribution in [3.8, 4) is 0 Å². The molecule has 0 aliphatic heterocycles. The van der Waals surface area contributed by atoms with Gasteiger partial charge in [0.25, 0.3) is 5.69 Å². The Labute approximate surface area is 146 Å². The molecule has 124 valence electrons. The maximum absolute atomic E-state index is 11.1. The van der Waals surface area contributed by atoms with E-state index in [1.54, 1.807) is 18.3 Å². The van der Waals surface area contributed by atoms with E-state index < -0.39 is 0 Å². The van der Waals surface area contributed by atoms with Crippen molar-refractivity contribution in [1.29, 1.82) is 0 Å². The summed E-state index contributed by atoms with van der Waals surface area (Å²) in [6.07, 6.45) is 2.45. The van der Waals surface area contributed by atoms with Crippen LogP contribution in [0.1, 0.15) is 22.3 Å². The molecule has 0 spiro atoms. The Balaban J connectivity index is 1.86. The predicted molar refractivity (Wildman–Crippen MR) is 100 cm³/mol. The Hall–Kier alpha value is -3.27. The Morgan fingerprint density at radius 2 is 1.52 bits per heavy atom. The first-order valence-corrected chi connectivity index (χ1v) is 8.07. The standard InChI is InChI=1S/C21H18N2O2/c24-23(25)21-12-11-19(13-17-7-3-1-4-8-17)20(14-21)16-22-15-18-9-5-2-6-10-18/h1-12,14,16H,13,15H2. The second-order valence-electron chi connectivity index (χ2n) is 5.76. The van der Waals surface area contributed by atoms with Crippen molar-refractivity contribution in [2.45, 2.75) is 13.0 Å². The smallest absolute Gasteiger partial charge is 0.270 e. The van der Waals surface area contributed by atoms with E-state index in [0.717, 1.165) is 22.3 Å². The minimum atomic E-state index is -0.374. The molecule has 0 aliphatic carbocycles. The first kappa shape index (κ1) is 16.6. The van der Waals surface area contributed by atoms with E-state index >= 15 is 0 Å². The molecule has 0 heterocycles. The molecule has 0 saturated carbocycles. The van der Waals surface area contributed by atoms with E-state index in [9.17, 15) is 10.1 Å². The minimum Gasteiger partial charge on any atom is -0.288 e. The molecule has 0 bridgehead atoms. The molecule has 25 heavy (non-hydrogen) atoms. The van der Waals surface area contributed by atoms with Crippen LogP contribution >= 0.6 is 0 Å². The van der Waals surface area contributed by atoms with Gasteiger partial charge in [0.1, 0.15) is 0 Å². The molecule has 4 heteroatoms. The number of hydrogen-bond acceptors (Lipinski definition) is 3. The van der Waals surface area contributed by atoms with Crippen LogP contribution < -0.4 is 0 Å². The van der Waals surface area contributed by atoms with Crippen LogP contribution in [0.2, 0.25) is 0 Å². The van der Waals surface area contributed by atoms with Crippen LogP contribution in [0.5, 0.6) is 0 Å². The van der Waals surface area contributed by atoms with Crippen LogP contribution in [0.15, 0.2) is 83.9 Å². The highest BCUT2D eigenvalue weighted by Gasteiger charge is 2.10. The summed E-state index contributed by atoms with van der Waals surface area (Å²) in [5.74, 6) is 0. The largest absolute Gasteiger partial charge is 0.288 e. The number of benzene rings is 3. The van der Waals surface area contributed by atoms with Gasteiger partial charge in [0.2, 0.25) is 0 Å². The second kappa shape index (κ2) is 8.02. The van der Waals surface area contributed by atoms with Crippen molar-refractivity contribution in [2.24, 2.45) is 4.99 Å². The molecule has 0 saturated heterocycles. The summed E-state index contributed by atoms with van der Waals surface area (Å²) in [5.41, 5.74) is 4.16. The first-order chi connectivity index (χ1) is 12.2. The van der Waals surface area contributed by atoms with Gasteiger partial charge in [-0.05, 0) is 23.1 Å². The minimum absolute atomic E-state index is 0.0815. The fraction of sp³-hybridized carbons (Fsp3) is 0.0952. The Morgan fingerprint density at radius 1 is 0.880 bits per heavy atom. The zero-order valence-corrected chi connectivity index (χ0v) is 13.7. The van der Waals surface area contributed by atoms with Crippen molar-refractivity contribution >= 4 is 11.9 Å². The Kier molecular flexibility index (Phi) is 5.32. The molecule has 0 atom stereocenters. The molecule has 0 unspecified atom stereocenters. The fourth-order valence-electron chi connectivity index (χ4n) is 2.63. The number of non-ortho nitro benzene ring substituents is 1. The maximum atomic E-state index is 11.1. The zero-order valence-electron chi connectivity index (χ0n) is 13.7. The van der Waals surface area contributed by atoms with Crippen LogP contribution in [0.25, 0.3) is 0 Å². The lowest BCUT2D eigenvalue weighted by atomic mass is 9.99. The monoisotopic (exact) mass is 330 g/mol. The van der Waals surface area contributed by atoms with Crippen LogP contribution in [0.3, 0.4) is 0 Å². The summed E-state index contributed by atoms with van der Waals surface area (Å²) >= 11 is 0. The molecule has 0 fully saturated rings. The highest BCUT2D eigenvalue weighted by Crippen LogP contribution is 2.20. The molecule has 0 aliphatic rings. The summed E-state index contributed by atoms with van der Waals surface area (Å²) in [6.45, 7) is 0.550. The summed E-state index contributed by atoms with van der Waals surface area (Å²) < 4.78 is 0. The molecule has 0 N–H and O–H groups in total. The summed E-state index contributed by atoms with van der Waals surface area (Å²) in [7, 11) is 0. The molecule has 0 radical (unpaired) electrons. The number of nitrogens with zero attached hydrogens (tertiary/aromatic N) is 2. The van der Waals surface area contributed by atoms with Crippen molar-refractivity contribution in [3.63, 3.8) is 0 Å². The van der Waals surface area contributed by atoms with Gasteiger partial charge in [0, 0.05) is 23.9 Å². The fourth-order valence-corrected chi connectivity index (χ4v) is 2.63. The van der Waals surface area contributed by atoms with Crippen LogP contribution in [0.4, 0.5) is 5.69 Å². The highest BCUT2D eigenvalue weighted by atomic mass is 16.6. The Morgan fingerprint density at radius 3 is 2.16 bits per heavy atom. The van der Waals surface area contributed by atoms with Gasteiger partial charge in [-0.15, -0.1) is 0 Å². The van der Waals surface area contributed by atoms with E-state index in [4.69, 9.17) is 0 Å². The molecule has 3 aromatic rings. The van der Waals surface area contributed by atoms with Crippen LogP contribution in [0, 0.1) is 10.1 Å². The van der Waals surface area contributed by atoms with Gasteiger partial charge in [-0.2, -0.15) is 0 Å². The van der Waals surface area contributed by atoms with E-state index in [2.05, 4.69) is 4.99 Å². The SMILES string of the molecule is O=[N+]([O-])c1ccc(Cc2ccccc2)c(C=NCc2ccccc2)c1. The molecule has 0 amide bonds. The number of hydrogen-bond donors (Lipinski definition) is 0. The number of nitro benzene ring substituents is 1. The average molecular weight is 330 g/mol. The van der Waals surface area contributed by atoms with Gasteiger partial charge in [0.15, 0.2) is 0 Å². The topological polar surface area (TPSA) is 55.5 Å². The predicted octanol–water partition coefficient (Wildman–Crippen LogP) is 4.80. The van der Waals surface area contributed by atoms with Gasteiger partial charge >= 0.3 is 0 Å². The van der Waals surface area contributed by atoms with Gasteiger partial charge in [0.05, 0.1) is 11.5 Å². The van der Waals surface area contributed by atoms with Crippen molar-refractivity contribution < 1.29 is 4.92 Å². The summed E-state index contributed by atoms with van der Waals surface area (Å²) in [6, 6.07) is 24.9. The summed E-state index contributed by atoms with van der Waals surface area (Å²) in [5, 5.41) is 11.1. The lowest BCUT2D eigenvalue weighted by Gasteiger charge is -2.06. The molecule has 3 rings (SSSR count). The normalized spacial score (nSPS) is 10.9. The van der Waals surface area contributed by atoms with Gasteiger partial charge in [-0.1, -0.05) is 66.7 Å². The maximum Gasteiger partial charge on any atom is 0.270 e. The third-order valence-electron chi connectivity index (χ3n) is 3.92. The molecule has 3 aromatic carbocycles. The van der Waals surface area contributed by atoms with Crippen LogP contribution in [-0.4, -0.2) is 11.1 Å². The third-order valence-corrected chi connectivity index (χ3v) is 3.92. The summed E-state index contributed by atoms with van der Waals surface area (Å²) in [4.78, 5) is 15.2. The lowest BCUT2D eigenvalue weighted by Crippen LogP contribution is -1.98. The van der Waals surface area contributed by atoms with E-state index in [0.29, 0.717) is 13.0 Å².